The molecule has 0 aliphatic carbocycles. The monoisotopic (exact) mass is 375 g/mol. The first-order valence-electron chi connectivity index (χ1n) is 10.4. The van der Waals surface area contributed by atoms with Crippen molar-refractivity contribution in [1.29, 1.82) is 0 Å². The number of nitrogens with one attached hydrogen (secondary N) is 1. The summed E-state index contributed by atoms with van der Waals surface area (Å²) in [7, 11) is 0. The highest BCUT2D eigenvalue weighted by Gasteiger charge is 2.04. The molecule has 4 nitrogen and oxygen atoms in total. The summed E-state index contributed by atoms with van der Waals surface area (Å²) in [5.41, 5.74) is 2.94. The Morgan fingerprint density at radius 3 is 2.43 bits per heavy atom. The van der Waals surface area contributed by atoms with Gasteiger partial charge in [-0.1, -0.05) is 50.3 Å². The van der Waals surface area contributed by atoms with Gasteiger partial charge < -0.3 is 5.32 Å². The Hall–Kier alpha value is -2.75. The number of hydrogen-bond donors (Lipinski definition) is 1. The number of rotatable bonds is 12. The van der Waals surface area contributed by atoms with E-state index >= 15 is 0 Å². The van der Waals surface area contributed by atoms with Gasteiger partial charge in [-0.15, -0.1) is 0 Å². The minimum atomic E-state index is 0.211. The second kappa shape index (κ2) is 11.2. The van der Waals surface area contributed by atoms with Crippen molar-refractivity contribution in [3.63, 3.8) is 0 Å². The molecule has 2 aromatic heterocycles. The lowest BCUT2D eigenvalue weighted by Crippen LogP contribution is -2.02. The molecule has 0 unspecified atom stereocenters. The number of fused-ring (bicyclic) bond motifs is 1. The molecule has 0 fully saturated rings. The summed E-state index contributed by atoms with van der Waals surface area (Å²) in [4.78, 5) is 20.4. The number of carbonyl (C=O) groups excluding carboxylic acids is 1. The van der Waals surface area contributed by atoms with Gasteiger partial charge in [0.1, 0.15) is 0 Å². The minimum Gasteiger partial charge on any atom is -0.384 e. The molecule has 146 valence electrons. The first-order valence-corrected chi connectivity index (χ1v) is 10.4. The number of hydrogen-bond acceptors (Lipinski definition) is 4. The van der Waals surface area contributed by atoms with Crippen LogP contribution < -0.4 is 5.32 Å². The zero-order valence-corrected chi connectivity index (χ0v) is 16.4. The number of nitrogens with zero attached hydrogens (tertiary/aromatic N) is 2. The number of pyridine rings is 2. The summed E-state index contributed by atoms with van der Waals surface area (Å²) < 4.78 is 0. The fraction of sp³-hybridized carbons (Fsp3) is 0.375. The van der Waals surface area contributed by atoms with E-state index < -0.39 is 0 Å². The topological polar surface area (TPSA) is 54.9 Å². The summed E-state index contributed by atoms with van der Waals surface area (Å²) >= 11 is 0. The van der Waals surface area contributed by atoms with Crippen LogP contribution in [0, 0.1) is 0 Å². The van der Waals surface area contributed by atoms with Gasteiger partial charge in [0.2, 0.25) is 0 Å². The van der Waals surface area contributed by atoms with Gasteiger partial charge in [0.05, 0.1) is 5.52 Å². The average Bonchev–Trinajstić information content (AvgIpc) is 2.75. The van der Waals surface area contributed by atoms with Crippen molar-refractivity contribution in [2.24, 2.45) is 0 Å². The molecule has 0 atom stereocenters. The van der Waals surface area contributed by atoms with Gasteiger partial charge in [-0.2, -0.15) is 0 Å². The smallest absolute Gasteiger partial charge is 0.164 e. The van der Waals surface area contributed by atoms with Crippen LogP contribution in [-0.2, 0) is 0 Å². The van der Waals surface area contributed by atoms with Gasteiger partial charge >= 0.3 is 0 Å². The first kappa shape index (κ1) is 20.0. The zero-order chi connectivity index (χ0) is 19.4. The fourth-order valence-electron chi connectivity index (χ4n) is 3.44. The molecule has 1 aromatic carbocycles. The predicted molar refractivity (Wildman–Crippen MR) is 116 cm³/mol. The van der Waals surface area contributed by atoms with Crippen LogP contribution in [0.3, 0.4) is 0 Å². The first-order chi connectivity index (χ1) is 13.8. The van der Waals surface area contributed by atoms with Crippen LogP contribution in [0.4, 0.5) is 5.69 Å². The number of unbranched alkanes of at least 4 members (excludes halogenated alkanes) is 6. The largest absolute Gasteiger partial charge is 0.384 e. The van der Waals surface area contributed by atoms with Gasteiger partial charge in [0.25, 0.3) is 0 Å². The maximum Gasteiger partial charge on any atom is 0.164 e. The summed E-state index contributed by atoms with van der Waals surface area (Å²) in [6.07, 6.45) is 14.1. The van der Waals surface area contributed by atoms with Crippen molar-refractivity contribution in [1.82, 2.24) is 9.97 Å². The normalized spacial score (nSPS) is 10.9. The Morgan fingerprint density at radius 2 is 1.61 bits per heavy atom. The molecule has 0 saturated heterocycles. The number of carbonyl (C=O) groups is 1. The van der Waals surface area contributed by atoms with E-state index in [4.69, 9.17) is 0 Å². The van der Waals surface area contributed by atoms with Crippen LogP contribution in [0.15, 0.2) is 61.1 Å². The van der Waals surface area contributed by atoms with Crippen molar-refractivity contribution in [2.75, 3.05) is 11.9 Å². The van der Waals surface area contributed by atoms with Gasteiger partial charge in [0, 0.05) is 48.2 Å². The van der Waals surface area contributed by atoms with E-state index in [9.17, 15) is 4.79 Å². The lowest BCUT2D eigenvalue weighted by Gasteiger charge is -2.09. The Bertz CT molecular complexity index is 859. The minimum absolute atomic E-state index is 0.211. The Morgan fingerprint density at radius 1 is 0.821 bits per heavy atom. The van der Waals surface area contributed by atoms with E-state index in [2.05, 4.69) is 33.5 Å². The van der Waals surface area contributed by atoms with Crippen LogP contribution in [0.25, 0.3) is 10.9 Å². The molecule has 3 rings (SSSR count). The van der Waals surface area contributed by atoms with E-state index in [-0.39, 0.29) is 5.78 Å². The van der Waals surface area contributed by atoms with E-state index in [1.54, 1.807) is 12.4 Å². The van der Waals surface area contributed by atoms with Crippen molar-refractivity contribution in [2.45, 2.75) is 51.4 Å². The van der Waals surface area contributed by atoms with Crippen molar-refractivity contribution in [3.05, 3.63) is 66.6 Å². The third kappa shape index (κ3) is 6.15. The van der Waals surface area contributed by atoms with Gasteiger partial charge in [0.15, 0.2) is 5.78 Å². The standard InChI is InChI=1S/C24H29N3O/c28-24(20-11-10-16-25-19-20)14-6-4-2-1-3-5-9-17-26-23-15-18-27-22-13-8-7-12-21(22)23/h7-8,10-13,15-16,18-19H,1-6,9,14,17H2,(H,26,27). The second-order valence-electron chi connectivity index (χ2n) is 7.19. The zero-order valence-electron chi connectivity index (χ0n) is 16.4. The maximum atomic E-state index is 12.0. The van der Waals surface area contributed by atoms with Gasteiger partial charge in [-0.05, 0) is 37.1 Å². The molecule has 0 bridgehead atoms. The number of anilines is 1. The van der Waals surface area contributed by atoms with Crippen LogP contribution in [0.1, 0.15) is 61.7 Å². The van der Waals surface area contributed by atoms with Gasteiger partial charge in [-0.25, -0.2) is 0 Å². The highest BCUT2D eigenvalue weighted by atomic mass is 16.1. The SMILES string of the molecule is O=C(CCCCCCCCCNc1ccnc2ccccc12)c1cccnc1. The Labute approximate surface area is 167 Å². The van der Waals surface area contributed by atoms with Crippen molar-refractivity contribution in [3.8, 4) is 0 Å². The molecule has 1 N–H and O–H groups in total. The number of ketones is 1. The number of Topliss-reactive ketones (excluding diaryl/α,β-unsaturated/α-hetero) is 1. The molecule has 0 spiro atoms. The van der Waals surface area contributed by atoms with E-state index in [0.717, 1.165) is 30.5 Å². The molecular formula is C24H29N3O. The summed E-state index contributed by atoms with van der Waals surface area (Å²) in [6, 6.07) is 14.0. The Balaban J connectivity index is 1.22. The molecule has 4 heteroatoms. The summed E-state index contributed by atoms with van der Waals surface area (Å²) in [5, 5.41) is 4.73. The average molecular weight is 376 g/mol. The van der Waals surface area contributed by atoms with Gasteiger partial charge in [-0.3, -0.25) is 14.8 Å². The lowest BCUT2D eigenvalue weighted by atomic mass is 10.0. The van der Waals surface area contributed by atoms with E-state index in [1.807, 2.05) is 30.5 Å². The molecular weight excluding hydrogens is 346 g/mol. The number of para-hydroxylation sites is 1. The van der Waals surface area contributed by atoms with E-state index in [1.165, 1.54) is 43.2 Å². The molecule has 2 heterocycles. The molecule has 0 aliphatic rings. The molecule has 0 saturated carbocycles. The third-order valence-corrected chi connectivity index (χ3v) is 5.03. The van der Waals surface area contributed by atoms with Crippen LogP contribution in [0.2, 0.25) is 0 Å². The quantitative estimate of drug-likeness (QED) is 0.309. The fourth-order valence-corrected chi connectivity index (χ4v) is 3.44. The van der Waals surface area contributed by atoms with Crippen LogP contribution >= 0.6 is 0 Å². The second-order valence-corrected chi connectivity index (χ2v) is 7.19. The molecule has 3 aromatic rings. The summed E-state index contributed by atoms with van der Waals surface area (Å²) in [5.74, 6) is 0.211. The highest BCUT2D eigenvalue weighted by Crippen LogP contribution is 2.21. The molecule has 0 amide bonds. The van der Waals surface area contributed by atoms with Crippen LogP contribution in [-0.4, -0.2) is 22.3 Å². The number of benzene rings is 1. The summed E-state index contributed by atoms with van der Waals surface area (Å²) in [6.45, 7) is 0.994. The van der Waals surface area contributed by atoms with Crippen molar-refractivity contribution >= 4 is 22.4 Å². The van der Waals surface area contributed by atoms with Crippen molar-refractivity contribution < 1.29 is 4.79 Å². The van der Waals surface area contributed by atoms with Crippen LogP contribution in [0.5, 0.6) is 0 Å². The molecule has 0 radical (unpaired) electrons. The molecule has 28 heavy (non-hydrogen) atoms. The maximum absolute atomic E-state index is 12.0. The lowest BCUT2D eigenvalue weighted by molar-refractivity contribution is 0.0978. The van der Waals surface area contributed by atoms with E-state index in [0.29, 0.717) is 6.42 Å². The molecule has 0 aliphatic heterocycles. The number of aromatic nitrogens is 2. The third-order valence-electron chi connectivity index (χ3n) is 5.03. The predicted octanol–water partition coefficient (Wildman–Crippen LogP) is 6.05. The highest BCUT2D eigenvalue weighted by molar-refractivity contribution is 5.95. The Kier molecular flexibility index (Phi) is 7.98.